The first kappa shape index (κ1) is 13.0. The van der Waals surface area contributed by atoms with Gasteiger partial charge in [-0.3, -0.25) is 0 Å². The number of nitrogens with two attached hydrogens (primary N) is 1. The summed E-state index contributed by atoms with van der Waals surface area (Å²) >= 11 is 0. The molecule has 0 aliphatic heterocycles. The molecule has 1 saturated carbocycles. The molecule has 0 bridgehead atoms. The van der Waals surface area contributed by atoms with Crippen LogP contribution in [0.4, 0.5) is 0 Å². The minimum atomic E-state index is 0.570. The van der Waals surface area contributed by atoms with Gasteiger partial charge in [0.1, 0.15) is 0 Å². The van der Waals surface area contributed by atoms with Crippen molar-refractivity contribution in [2.75, 3.05) is 19.6 Å². The van der Waals surface area contributed by atoms with Crippen LogP contribution in [0.15, 0.2) is 0 Å². The lowest BCUT2D eigenvalue weighted by atomic mass is 9.75. The Morgan fingerprint density at radius 3 is 2.53 bits per heavy atom. The molecule has 1 fully saturated rings. The van der Waals surface area contributed by atoms with E-state index in [4.69, 9.17) is 5.73 Å². The van der Waals surface area contributed by atoms with E-state index >= 15 is 0 Å². The van der Waals surface area contributed by atoms with Crippen molar-refractivity contribution < 1.29 is 0 Å². The molecule has 15 heavy (non-hydrogen) atoms. The van der Waals surface area contributed by atoms with E-state index in [1.54, 1.807) is 0 Å². The maximum Gasteiger partial charge on any atom is 0.000527 e. The van der Waals surface area contributed by atoms with Crippen LogP contribution in [-0.2, 0) is 0 Å². The van der Waals surface area contributed by atoms with Crippen molar-refractivity contribution >= 4 is 0 Å². The number of nitrogens with one attached hydrogen (secondary N) is 1. The zero-order valence-electron chi connectivity index (χ0n) is 10.5. The average molecular weight is 212 g/mol. The van der Waals surface area contributed by atoms with Gasteiger partial charge in [0, 0.05) is 6.54 Å². The van der Waals surface area contributed by atoms with Gasteiger partial charge >= 0.3 is 0 Å². The van der Waals surface area contributed by atoms with E-state index in [0.717, 1.165) is 25.4 Å². The molecule has 0 aromatic heterocycles. The van der Waals surface area contributed by atoms with E-state index < -0.39 is 0 Å². The van der Waals surface area contributed by atoms with Gasteiger partial charge in [-0.1, -0.05) is 33.1 Å². The Hall–Kier alpha value is -0.0800. The molecule has 0 radical (unpaired) electrons. The topological polar surface area (TPSA) is 38.0 Å². The van der Waals surface area contributed by atoms with Gasteiger partial charge in [0.2, 0.25) is 0 Å². The van der Waals surface area contributed by atoms with Crippen LogP contribution in [0.3, 0.4) is 0 Å². The van der Waals surface area contributed by atoms with Crippen LogP contribution in [0.1, 0.15) is 52.4 Å². The molecule has 90 valence electrons. The van der Waals surface area contributed by atoms with Crippen LogP contribution in [0, 0.1) is 11.3 Å². The lowest BCUT2D eigenvalue weighted by molar-refractivity contribution is 0.205. The minimum absolute atomic E-state index is 0.570. The van der Waals surface area contributed by atoms with Crippen LogP contribution >= 0.6 is 0 Å². The SMILES string of the molecule is CC(CCN)CNCC1(C)CCCCC1. The molecule has 1 rings (SSSR count). The van der Waals surface area contributed by atoms with E-state index in [2.05, 4.69) is 19.2 Å². The van der Waals surface area contributed by atoms with E-state index in [1.165, 1.54) is 38.6 Å². The fourth-order valence-electron chi connectivity index (χ4n) is 2.59. The highest BCUT2D eigenvalue weighted by molar-refractivity contribution is 4.80. The Morgan fingerprint density at radius 1 is 1.27 bits per heavy atom. The standard InChI is InChI=1S/C13H28N2/c1-12(6-9-14)10-15-11-13(2)7-4-3-5-8-13/h12,15H,3-11,14H2,1-2H3. The highest BCUT2D eigenvalue weighted by Gasteiger charge is 2.26. The van der Waals surface area contributed by atoms with Gasteiger partial charge in [-0.25, -0.2) is 0 Å². The maximum atomic E-state index is 5.54. The summed E-state index contributed by atoms with van der Waals surface area (Å²) in [6.45, 7) is 7.87. The van der Waals surface area contributed by atoms with E-state index in [-0.39, 0.29) is 0 Å². The van der Waals surface area contributed by atoms with Crippen molar-refractivity contribution in [1.82, 2.24) is 5.32 Å². The minimum Gasteiger partial charge on any atom is -0.330 e. The number of hydrogen-bond donors (Lipinski definition) is 2. The zero-order chi connectivity index (χ0) is 11.1. The first-order valence-electron chi connectivity index (χ1n) is 6.57. The fraction of sp³-hybridized carbons (Fsp3) is 1.00. The van der Waals surface area contributed by atoms with Crippen molar-refractivity contribution in [2.24, 2.45) is 17.1 Å². The Kier molecular flexibility index (Phi) is 5.62. The van der Waals surface area contributed by atoms with Crippen molar-refractivity contribution in [1.29, 1.82) is 0 Å². The molecular formula is C13H28N2. The summed E-state index contributed by atoms with van der Waals surface area (Å²) in [5.41, 5.74) is 6.11. The van der Waals surface area contributed by atoms with Crippen molar-refractivity contribution in [3.8, 4) is 0 Å². The average Bonchev–Trinajstić information content (AvgIpc) is 2.19. The smallest absolute Gasteiger partial charge is 0.000527 e. The van der Waals surface area contributed by atoms with Gasteiger partial charge in [-0.2, -0.15) is 0 Å². The van der Waals surface area contributed by atoms with Crippen molar-refractivity contribution in [3.63, 3.8) is 0 Å². The van der Waals surface area contributed by atoms with Crippen LogP contribution in [-0.4, -0.2) is 19.6 Å². The maximum absolute atomic E-state index is 5.54. The molecular weight excluding hydrogens is 184 g/mol. The van der Waals surface area contributed by atoms with Crippen LogP contribution in [0.5, 0.6) is 0 Å². The Bertz CT molecular complexity index is 162. The molecule has 1 aliphatic rings. The van der Waals surface area contributed by atoms with Gasteiger partial charge in [0.15, 0.2) is 0 Å². The summed E-state index contributed by atoms with van der Waals surface area (Å²) < 4.78 is 0. The predicted octanol–water partition coefficient (Wildman–Crippen LogP) is 2.53. The quantitative estimate of drug-likeness (QED) is 0.710. The fourth-order valence-corrected chi connectivity index (χ4v) is 2.59. The third-order valence-electron chi connectivity index (χ3n) is 3.76. The molecule has 0 spiro atoms. The van der Waals surface area contributed by atoms with Gasteiger partial charge in [-0.15, -0.1) is 0 Å². The summed E-state index contributed by atoms with van der Waals surface area (Å²) in [6, 6.07) is 0. The monoisotopic (exact) mass is 212 g/mol. The van der Waals surface area contributed by atoms with Crippen LogP contribution in [0.2, 0.25) is 0 Å². The molecule has 1 aliphatic carbocycles. The highest BCUT2D eigenvalue weighted by Crippen LogP contribution is 2.34. The van der Waals surface area contributed by atoms with Gasteiger partial charge in [0.25, 0.3) is 0 Å². The lowest BCUT2D eigenvalue weighted by Crippen LogP contribution is -2.35. The molecule has 2 nitrogen and oxygen atoms in total. The highest BCUT2D eigenvalue weighted by atomic mass is 14.9. The Labute approximate surface area is 95.0 Å². The largest absolute Gasteiger partial charge is 0.330 e. The van der Waals surface area contributed by atoms with Gasteiger partial charge < -0.3 is 11.1 Å². The molecule has 3 N–H and O–H groups in total. The van der Waals surface area contributed by atoms with Crippen LogP contribution < -0.4 is 11.1 Å². The third-order valence-corrected chi connectivity index (χ3v) is 3.76. The van der Waals surface area contributed by atoms with Crippen molar-refractivity contribution in [2.45, 2.75) is 52.4 Å². The molecule has 0 heterocycles. The Morgan fingerprint density at radius 2 is 1.93 bits per heavy atom. The summed E-state index contributed by atoms with van der Waals surface area (Å²) in [4.78, 5) is 0. The Balaban J connectivity index is 2.12. The number of hydrogen-bond acceptors (Lipinski definition) is 2. The van der Waals surface area contributed by atoms with E-state index in [9.17, 15) is 0 Å². The molecule has 0 saturated heterocycles. The molecule has 0 amide bonds. The van der Waals surface area contributed by atoms with Gasteiger partial charge in [-0.05, 0) is 43.7 Å². The zero-order valence-corrected chi connectivity index (χ0v) is 10.5. The normalized spacial score (nSPS) is 22.6. The van der Waals surface area contributed by atoms with E-state index in [1.807, 2.05) is 0 Å². The summed E-state index contributed by atoms with van der Waals surface area (Å²) in [5, 5.41) is 3.62. The third kappa shape index (κ3) is 4.98. The second kappa shape index (κ2) is 6.49. The summed E-state index contributed by atoms with van der Waals surface area (Å²) in [5.74, 6) is 0.724. The molecule has 1 unspecified atom stereocenters. The van der Waals surface area contributed by atoms with Gasteiger partial charge in [0.05, 0.1) is 0 Å². The molecule has 0 aromatic rings. The van der Waals surface area contributed by atoms with E-state index in [0.29, 0.717) is 5.41 Å². The lowest BCUT2D eigenvalue weighted by Gasteiger charge is -2.34. The first-order chi connectivity index (χ1) is 7.16. The molecule has 2 heteroatoms. The predicted molar refractivity (Wildman–Crippen MR) is 66.9 cm³/mol. The van der Waals surface area contributed by atoms with Crippen LogP contribution in [0.25, 0.3) is 0 Å². The molecule has 1 atom stereocenters. The van der Waals surface area contributed by atoms with Crippen molar-refractivity contribution in [3.05, 3.63) is 0 Å². The summed E-state index contributed by atoms with van der Waals surface area (Å²) in [7, 11) is 0. The molecule has 0 aromatic carbocycles. The summed E-state index contributed by atoms with van der Waals surface area (Å²) in [6.07, 6.45) is 8.26. The number of rotatable bonds is 6. The second-order valence-corrected chi connectivity index (χ2v) is 5.68. The second-order valence-electron chi connectivity index (χ2n) is 5.68. The first-order valence-corrected chi connectivity index (χ1v) is 6.57.